The van der Waals surface area contributed by atoms with E-state index in [9.17, 15) is 13.2 Å². The van der Waals surface area contributed by atoms with Gasteiger partial charge in [-0.2, -0.15) is 0 Å². The zero-order chi connectivity index (χ0) is 17.2. The van der Waals surface area contributed by atoms with Crippen molar-refractivity contribution in [2.24, 2.45) is 0 Å². The van der Waals surface area contributed by atoms with Gasteiger partial charge in [0, 0.05) is 12.6 Å². The Hall–Kier alpha value is -1.45. The molecule has 2 heterocycles. The molecule has 0 fully saturated rings. The SMILES string of the molecule is COC(=O)c1sccc1S(=O)(=O)NCC1NCCc2ccccc21.Cl. The molecular weight excluding hydrogens is 384 g/mol. The summed E-state index contributed by atoms with van der Waals surface area (Å²) >= 11 is 1.05. The van der Waals surface area contributed by atoms with Crippen LogP contribution in [0.25, 0.3) is 0 Å². The summed E-state index contributed by atoms with van der Waals surface area (Å²) in [6.45, 7) is 1.02. The maximum atomic E-state index is 12.5. The lowest BCUT2D eigenvalue weighted by atomic mass is 9.95. The van der Waals surface area contributed by atoms with Crippen molar-refractivity contribution in [2.75, 3.05) is 20.2 Å². The third-order valence-corrected chi connectivity index (χ3v) is 6.47. The van der Waals surface area contributed by atoms with E-state index in [4.69, 9.17) is 0 Å². The first kappa shape index (κ1) is 19.9. The van der Waals surface area contributed by atoms with Crippen molar-refractivity contribution in [1.29, 1.82) is 0 Å². The molecule has 0 saturated heterocycles. The highest BCUT2D eigenvalue weighted by Crippen LogP contribution is 2.25. The highest BCUT2D eigenvalue weighted by atomic mass is 35.5. The number of sulfonamides is 1. The summed E-state index contributed by atoms with van der Waals surface area (Å²) < 4.78 is 32.3. The molecule has 2 aromatic rings. The Morgan fingerprint density at radius 2 is 2.12 bits per heavy atom. The molecule has 1 unspecified atom stereocenters. The third-order valence-electron chi connectivity index (χ3n) is 3.98. The summed E-state index contributed by atoms with van der Waals surface area (Å²) in [5.74, 6) is -0.647. The van der Waals surface area contributed by atoms with E-state index >= 15 is 0 Å². The van der Waals surface area contributed by atoms with Crippen LogP contribution >= 0.6 is 23.7 Å². The van der Waals surface area contributed by atoms with E-state index in [0.29, 0.717) is 0 Å². The van der Waals surface area contributed by atoms with Gasteiger partial charge in [-0.1, -0.05) is 24.3 Å². The highest BCUT2D eigenvalue weighted by molar-refractivity contribution is 7.89. The topological polar surface area (TPSA) is 84.5 Å². The molecule has 1 atom stereocenters. The Bertz CT molecular complexity index is 851. The number of ether oxygens (including phenoxy) is 1. The average molecular weight is 403 g/mol. The van der Waals surface area contributed by atoms with Crippen LogP contribution in [0, 0.1) is 0 Å². The maximum absolute atomic E-state index is 12.5. The van der Waals surface area contributed by atoms with Crippen molar-refractivity contribution in [3.05, 3.63) is 51.7 Å². The first-order valence-electron chi connectivity index (χ1n) is 7.49. The highest BCUT2D eigenvalue weighted by Gasteiger charge is 2.26. The van der Waals surface area contributed by atoms with Crippen molar-refractivity contribution in [3.8, 4) is 0 Å². The lowest BCUT2D eigenvalue weighted by Crippen LogP contribution is -2.39. The van der Waals surface area contributed by atoms with Gasteiger partial charge in [0.05, 0.1) is 7.11 Å². The normalized spacial score (nSPS) is 16.6. The Balaban J connectivity index is 0.00000225. The molecular formula is C16H19ClN2O4S2. The van der Waals surface area contributed by atoms with Crippen LogP contribution in [0.4, 0.5) is 0 Å². The largest absolute Gasteiger partial charge is 0.465 e. The molecule has 0 radical (unpaired) electrons. The van der Waals surface area contributed by atoms with Crippen molar-refractivity contribution in [2.45, 2.75) is 17.4 Å². The van der Waals surface area contributed by atoms with Gasteiger partial charge >= 0.3 is 5.97 Å². The van der Waals surface area contributed by atoms with Crippen LogP contribution in [0.15, 0.2) is 40.6 Å². The monoisotopic (exact) mass is 402 g/mol. The van der Waals surface area contributed by atoms with Crippen LogP contribution < -0.4 is 10.0 Å². The van der Waals surface area contributed by atoms with Crippen LogP contribution in [0.2, 0.25) is 0 Å². The quantitative estimate of drug-likeness (QED) is 0.748. The fourth-order valence-corrected chi connectivity index (χ4v) is 5.18. The number of esters is 1. The van der Waals surface area contributed by atoms with E-state index in [1.165, 1.54) is 18.7 Å². The van der Waals surface area contributed by atoms with Gasteiger partial charge in [-0.05, 0) is 35.5 Å². The van der Waals surface area contributed by atoms with Gasteiger partial charge < -0.3 is 10.1 Å². The number of methoxy groups -OCH3 is 1. The molecule has 25 heavy (non-hydrogen) atoms. The summed E-state index contributed by atoms with van der Waals surface area (Å²) in [5.41, 5.74) is 2.33. The first-order chi connectivity index (χ1) is 11.5. The van der Waals surface area contributed by atoms with Crippen LogP contribution in [0.5, 0.6) is 0 Å². The molecule has 3 rings (SSSR count). The molecule has 1 aliphatic rings. The lowest BCUT2D eigenvalue weighted by Gasteiger charge is -2.27. The molecule has 0 saturated carbocycles. The second-order valence-electron chi connectivity index (χ2n) is 5.41. The number of hydrogen-bond acceptors (Lipinski definition) is 6. The Kier molecular flexibility index (Phi) is 6.59. The van der Waals surface area contributed by atoms with Gasteiger partial charge in [-0.3, -0.25) is 0 Å². The minimum Gasteiger partial charge on any atom is -0.465 e. The minimum absolute atomic E-state index is 0. The van der Waals surface area contributed by atoms with Gasteiger partial charge in [-0.15, -0.1) is 23.7 Å². The summed E-state index contributed by atoms with van der Waals surface area (Å²) in [5, 5.41) is 4.89. The summed E-state index contributed by atoms with van der Waals surface area (Å²) in [7, 11) is -2.55. The predicted octanol–water partition coefficient (Wildman–Crippen LogP) is 2.12. The number of carbonyl (C=O) groups excluding carboxylic acids is 1. The standard InChI is InChI=1S/C16H18N2O4S2.ClH/c1-22-16(19)15-14(7-9-23-15)24(20,21)18-10-13-12-5-3-2-4-11(12)6-8-17-13;/h2-5,7,9,13,17-18H,6,8,10H2,1H3;1H. The molecule has 1 aromatic carbocycles. The molecule has 0 spiro atoms. The van der Waals surface area contributed by atoms with Gasteiger partial charge in [0.25, 0.3) is 0 Å². The number of thiophene rings is 1. The van der Waals surface area contributed by atoms with E-state index in [1.54, 1.807) is 5.38 Å². The van der Waals surface area contributed by atoms with E-state index in [1.807, 2.05) is 18.2 Å². The molecule has 1 aromatic heterocycles. The Morgan fingerprint density at radius 3 is 2.88 bits per heavy atom. The average Bonchev–Trinajstić information content (AvgIpc) is 3.10. The maximum Gasteiger partial charge on any atom is 0.349 e. The van der Waals surface area contributed by atoms with Crippen molar-refractivity contribution < 1.29 is 17.9 Å². The molecule has 2 N–H and O–H groups in total. The molecule has 0 bridgehead atoms. The Labute approximate surface area is 157 Å². The van der Waals surface area contributed by atoms with Gasteiger partial charge in [-0.25, -0.2) is 17.9 Å². The number of rotatable bonds is 5. The minimum atomic E-state index is -3.79. The molecule has 1 aliphatic heterocycles. The van der Waals surface area contributed by atoms with Crippen LogP contribution in [-0.2, 0) is 21.2 Å². The van der Waals surface area contributed by atoms with Crippen molar-refractivity contribution in [3.63, 3.8) is 0 Å². The van der Waals surface area contributed by atoms with Crippen LogP contribution in [0.1, 0.15) is 26.8 Å². The number of benzene rings is 1. The van der Waals surface area contributed by atoms with Gasteiger partial charge in [0.15, 0.2) is 0 Å². The summed E-state index contributed by atoms with van der Waals surface area (Å²) in [6.07, 6.45) is 0.927. The number of carbonyl (C=O) groups is 1. The van der Waals surface area contributed by atoms with Crippen molar-refractivity contribution in [1.82, 2.24) is 10.0 Å². The fraction of sp³-hybridized carbons (Fsp3) is 0.312. The van der Waals surface area contributed by atoms with Crippen LogP contribution in [0.3, 0.4) is 0 Å². The predicted molar refractivity (Wildman–Crippen MR) is 99.0 cm³/mol. The first-order valence-corrected chi connectivity index (χ1v) is 9.86. The molecule has 6 nitrogen and oxygen atoms in total. The fourth-order valence-electron chi connectivity index (χ4n) is 2.80. The van der Waals surface area contributed by atoms with E-state index in [0.717, 1.165) is 29.9 Å². The zero-order valence-electron chi connectivity index (χ0n) is 13.5. The van der Waals surface area contributed by atoms with Gasteiger partial charge in [0.1, 0.15) is 9.77 Å². The Morgan fingerprint density at radius 1 is 1.36 bits per heavy atom. The van der Waals surface area contributed by atoms with E-state index < -0.39 is 16.0 Å². The second-order valence-corrected chi connectivity index (χ2v) is 8.06. The van der Waals surface area contributed by atoms with E-state index in [2.05, 4.69) is 20.8 Å². The number of halogens is 1. The molecule has 0 aliphatic carbocycles. The zero-order valence-corrected chi connectivity index (χ0v) is 16.0. The molecule has 0 amide bonds. The number of nitrogens with one attached hydrogen (secondary N) is 2. The summed E-state index contributed by atoms with van der Waals surface area (Å²) in [6, 6.07) is 9.32. The third kappa shape index (κ3) is 4.21. The van der Waals surface area contributed by atoms with Gasteiger partial charge in [0.2, 0.25) is 10.0 Å². The second kappa shape index (κ2) is 8.29. The molecule has 9 heteroatoms. The van der Waals surface area contributed by atoms with Crippen molar-refractivity contribution >= 4 is 39.7 Å². The van der Waals surface area contributed by atoms with Crippen LogP contribution in [-0.4, -0.2) is 34.6 Å². The summed E-state index contributed by atoms with van der Waals surface area (Å²) in [4.78, 5) is 11.7. The number of hydrogen-bond donors (Lipinski definition) is 2. The number of fused-ring (bicyclic) bond motifs is 1. The lowest BCUT2D eigenvalue weighted by molar-refractivity contribution is 0.0602. The smallest absolute Gasteiger partial charge is 0.349 e. The van der Waals surface area contributed by atoms with E-state index in [-0.39, 0.29) is 34.8 Å². The molecule has 136 valence electrons.